The van der Waals surface area contributed by atoms with Crippen LogP contribution < -0.4 is 14.8 Å². The Morgan fingerprint density at radius 3 is 2.36 bits per heavy atom. The highest BCUT2D eigenvalue weighted by molar-refractivity contribution is 6.30. The van der Waals surface area contributed by atoms with E-state index in [-0.39, 0.29) is 24.6 Å². The fourth-order valence-corrected chi connectivity index (χ4v) is 5.25. The van der Waals surface area contributed by atoms with Gasteiger partial charge in [0.2, 0.25) is 12.7 Å². The summed E-state index contributed by atoms with van der Waals surface area (Å²) in [6.45, 7) is 2.75. The van der Waals surface area contributed by atoms with Gasteiger partial charge in [0.15, 0.2) is 11.5 Å². The van der Waals surface area contributed by atoms with E-state index in [2.05, 4.69) is 10.2 Å². The van der Waals surface area contributed by atoms with Crippen LogP contribution in [-0.2, 0) is 4.79 Å². The quantitative estimate of drug-likeness (QED) is 0.716. The highest BCUT2D eigenvalue weighted by Gasteiger charge is 2.37. The monoisotopic (exact) mass is 469 g/mol. The van der Waals surface area contributed by atoms with E-state index in [0.29, 0.717) is 59.9 Å². The minimum Gasteiger partial charge on any atom is -0.454 e. The van der Waals surface area contributed by atoms with Gasteiger partial charge in [-0.05, 0) is 55.2 Å². The molecule has 33 heavy (non-hydrogen) atoms. The molecule has 7 nitrogen and oxygen atoms in total. The molecular weight excluding hydrogens is 442 g/mol. The van der Waals surface area contributed by atoms with Crippen LogP contribution in [0.5, 0.6) is 11.5 Å². The van der Waals surface area contributed by atoms with Crippen LogP contribution in [0, 0.1) is 5.92 Å². The molecule has 174 valence electrons. The van der Waals surface area contributed by atoms with Crippen molar-refractivity contribution in [3.8, 4) is 11.5 Å². The lowest BCUT2D eigenvalue weighted by Gasteiger charge is -2.40. The molecule has 1 aliphatic carbocycles. The molecule has 1 N–H and O–H groups in total. The van der Waals surface area contributed by atoms with Crippen LogP contribution in [0.4, 0.5) is 5.69 Å². The number of halogens is 1. The van der Waals surface area contributed by atoms with Gasteiger partial charge in [0.1, 0.15) is 0 Å². The Morgan fingerprint density at radius 2 is 1.64 bits per heavy atom. The number of nitrogens with one attached hydrogen (secondary N) is 1. The lowest BCUT2D eigenvalue weighted by molar-refractivity contribution is -0.123. The average Bonchev–Trinajstić information content (AvgIpc) is 3.52. The molecule has 5 rings (SSSR count). The molecule has 3 aliphatic rings. The lowest BCUT2D eigenvalue weighted by atomic mass is 9.94. The maximum absolute atomic E-state index is 13.5. The third-order valence-corrected chi connectivity index (χ3v) is 7.09. The molecule has 0 spiro atoms. The molecule has 2 aromatic carbocycles. The maximum atomic E-state index is 13.5. The normalized spacial score (nSPS) is 19.5. The topological polar surface area (TPSA) is 71.1 Å². The molecule has 1 atom stereocenters. The van der Waals surface area contributed by atoms with Crippen LogP contribution in [0.1, 0.15) is 36.0 Å². The molecule has 1 saturated carbocycles. The zero-order chi connectivity index (χ0) is 22.8. The number of hydrogen-bond donors (Lipinski definition) is 1. The van der Waals surface area contributed by atoms with Gasteiger partial charge in [-0.25, -0.2) is 0 Å². The van der Waals surface area contributed by atoms with E-state index in [4.69, 9.17) is 21.1 Å². The Bertz CT molecular complexity index is 1010. The van der Waals surface area contributed by atoms with E-state index < -0.39 is 0 Å². The second kappa shape index (κ2) is 9.61. The van der Waals surface area contributed by atoms with E-state index in [1.807, 2.05) is 23.1 Å². The molecular formula is C25H28ClN3O4. The molecule has 0 unspecified atom stereocenters. The Labute approximate surface area is 198 Å². The number of ether oxygens (including phenoxy) is 2. The molecule has 0 bridgehead atoms. The van der Waals surface area contributed by atoms with Crippen molar-refractivity contribution in [2.45, 2.75) is 31.7 Å². The van der Waals surface area contributed by atoms with Gasteiger partial charge in [-0.2, -0.15) is 0 Å². The summed E-state index contributed by atoms with van der Waals surface area (Å²) < 4.78 is 10.8. The zero-order valence-corrected chi connectivity index (χ0v) is 19.2. The van der Waals surface area contributed by atoms with Crippen LogP contribution in [0.2, 0.25) is 5.02 Å². The van der Waals surface area contributed by atoms with Crippen molar-refractivity contribution in [3.63, 3.8) is 0 Å². The molecule has 1 saturated heterocycles. The first-order valence-corrected chi connectivity index (χ1v) is 12.0. The fourth-order valence-electron chi connectivity index (χ4n) is 5.12. The molecule has 8 heteroatoms. The van der Waals surface area contributed by atoms with Gasteiger partial charge in [0, 0.05) is 48.5 Å². The van der Waals surface area contributed by atoms with Crippen molar-refractivity contribution in [1.29, 1.82) is 0 Å². The van der Waals surface area contributed by atoms with E-state index in [0.717, 1.165) is 25.7 Å². The van der Waals surface area contributed by atoms with Crippen LogP contribution in [0.15, 0.2) is 42.5 Å². The molecule has 2 amide bonds. The summed E-state index contributed by atoms with van der Waals surface area (Å²) in [4.78, 5) is 30.4. The Balaban J connectivity index is 1.26. The summed E-state index contributed by atoms with van der Waals surface area (Å²) in [6.07, 6.45) is 4.44. The summed E-state index contributed by atoms with van der Waals surface area (Å²) in [5.74, 6) is 1.70. The first-order valence-electron chi connectivity index (χ1n) is 11.6. The second-order valence-corrected chi connectivity index (χ2v) is 9.32. The number of benzene rings is 2. The van der Waals surface area contributed by atoms with E-state index in [1.165, 1.54) is 0 Å². The van der Waals surface area contributed by atoms with Gasteiger partial charge in [0.05, 0.1) is 6.04 Å². The molecule has 2 aromatic rings. The Hall–Kier alpha value is -2.77. The fraction of sp³-hybridized carbons (Fsp3) is 0.440. The molecule has 2 aliphatic heterocycles. The molecule has 2 heterocycles. The number of amides is 2. The minimum absolute atomic E-state index is 0.00791. The number of carbonyl (C=O) groups is 2. The van der Waals surface area contributed by atoms with E-state index in [1.54, 1.807) is 24.3 Å². The first kappa shape index (κ1) is 22.0. The zero-order valence-electron chi connectivity index (χ0n) is 18.5. The molecule has 2 fully saturated rings. The second-order valence-electron chi connectivity index (χ2n) is 8.88. The average molecular weight is 470 g/mol. The van der Waals surface area contributed by atoms with Crippen LogP contribution in [0.3, 0.4) is 0 Å². The Kier molecular flexibility index (Phi) is 6.42. The SMILES string of the molecule is O=C(Nc1ccc2c(c1)OCO2)[C@@H](C1CCCC1)N1CCN(C(=O)c2ccc(Cl)cc2)CC1. The van der Waals surface area contributed by atoms with Crippen molar-refractivity contribution < 1.29 is 19.1 Å². The van der Waals surface area contributed by atoms with Crippen molar-refractivity contribution in [2.75, 3.05) is 38.3 Å². The maximum Gasteiger partial charge on any atom is 0.253 e. The number of carbonyl (C=O) groups excluding carboxylic acids is 2. The van der Waals surface area contributed by atoms with Crippen molar-refractivity contribution in [2.24, 2.45) is 5.92 Å². The highest BCUT2D eigenvalue weighted by atomic mass is 35.5. The standard InChI is InChI=1S/C25H28ClN3O4/c26-19-7-5-18(6-8-19)25(31)29-13-11-28(12-14-29)23(17-3-1-2-4-17)24(30)27-20-9-10-21-22(15-20)33-16-32-21/h5-10,15,17,23H,1-4,11-14,16H2,(H,27,30)/t23-/m1/s1. The van der Waals surface area contributed by atoms with Crippen LogP contribution in [-0.4, -0.2) is 60.6 Å². The molecule has 0 aromatic heterocycles. The third-order valence-electron chi connectivity index (χ3n) is 6.84. The predicted octanol–water partition coefficient (Wildman–Crippen LogP) is 4.02. The predicted molar refractivity (Wildman–Crippen MR) is 126 cm³/mol. The number of rotatable bonds is 5. The summed E-state index contributed by atoms with van der Waals surface area (Å²) in [5, 5.41) is 3.72. The van der Waals surface area contributed by atoms with Gasteiger partial charge in [-0.3, -0.25) is 14.5 Å². The van der Waals surface area contributed by atoms with Crippen molar-refractivity contribution >= 4 is 29.1 Å². The van der Waals surface area contributed by atoms with Gasteiger partial charge in [-0.15, -0.1) is 0 Å². The van der Waals surface area contributed by atoms with Gasteiger partial charge in [-0.1, -0.05) is 24.4 Å². The number of piperazine rings is 1. The van der Waals surface area contributed by atoms with E-state index >= 15 is 0 Å². The number of hydrogen-bond acceptors (Lipinski definition) is 5. The van der Waals surface area contributed by atoms with E-state index in [9.17, 15) is 9.59 Å². The number of fused-ring (bicyclic) bond motifs is 1. The van der Waals surface area contributed by atoms with Crippen molar-refractivity contribution in [1.82, 2.24) is 9.80 Å². The van der Waals surface area contributed by atoms with Crippen molar-refractivity contribution in [3.05, 3.63) is 53.1 Å². The van der Waals surface area contributed by atoms with Gasteiger partial charge in [0.25, 0.3) is 5.91 Å². The Morgan fingerprint density at radius 1 is 0.939 bits per heavy atom. The molecule has 0 radical (unpaired) electrons. The smallest absolute Gasteiger partial charge is 0.253 e. The largest absolute Gasteiger partial charge is 0.454 e. The summed E-state index contributed by atoms with van der Waals surface area (Å²) >= 11 is 5.95. The third kappa shape index (κ3) is 4.80. The lowest BCUT2D eigenvalue weighted by Crippen LogP contribution is -2.56. The van der Waals surface area contributed by atoms with Crippen LogP contribution >= 0.6 is 11.6 Å². The summed E-state index contributed by atoms with van der Waals surface area (Å²) in [7, 11) is 0. The van der Waals surface area contributed by atoms with Gasteiger partial charge < -0.3 is 19.7 Å². The number of nitrogens with zero attached hydrogens (tertiary/aromatic N) is 2. The van der Waals surface area contributed by atoms with Gasteiger partial charge >= 0.3 is 0 Å². The van der Waals surface area contributed by atoms with Crippen LogP contribution in [0.25, 0.3) is 0 Å². The number of anilines is 1. The first-order chi connectivity index (χ1) is 16.1. The highest BCUT2D eigenvalue weighted by Crippen LogP contribution is 2.35. The minimum atomic E-state index is -0.203. The summed E-state index contributed by atoms with van der Waals surface area (Å²) in [5.41, 5.74) is 1.35. The summed E-state index contributed by atoms with van der Waals surface area (Å²) in [6, 6.07) is 12.3.